The quantitative estimate of drug-likeness (QED) is 0.617. The monoisotopic (exact) mass is 310 g/mol. The maximum Gasteiger partial charge on any atom is 0.335 e. The van der Waals surface area contributed by atoms with Crippen LogP contribution in [0.5, 0.6) is 0 Å². The summed E-state index contributed by atoms with van der Waals surface area (Å²) in [6.07, 6.45) is 0.433. The number of rotatable bonds is 7. The van der Waals surface area contributed by atoms with Gasteiger partial charge in [0.05, 0.1) is 7.11 Å². The highest BCUT2D eigenvalue weighted by Crippen LogP contribution is 2.22. The van der Waals surface area contributed by atoms with Gasteiger partial charge in [0, 0.05) is 6.42 Å². The Morgan fingerprint density at radius 2 is 1.77 bits per heavy atom. The lowest BCUT2D eigenvalue weighted by Gasteiger charge is -2.30. The molecule has 22 heavy (non-hydrogen) atoms. The van der Waals surface area contributed by atoms with Gasteiger partial charge in [-0.3, -0.25) is 0 Å². The van der Waals surface area contributed by atoms with E-state index in [1.165, 1.54) is 7.11 Å². The highest BCUT2D eigenvalue weighted by atomic mass is 16.6. The van der Waals surface area contributed by atoms with Crippen LogP contribution in [0, 0.1) is 6.92 Å². The molecule has 0 heterocycles. The largest absolute Gasteiger partial charge is 0.467 e. The average molecular weight is 310 g/mol. The third-order valence-electron chi connectivity index (χ3n) is 3.60. The molecule has 1 rings (SSSR count). The molecule has 0 aromatic heterocycles. The summed E-state index contributed by atoms with van der Waals surface area (Å²) in [6.45, 7) is 9.63. The zero-order valence-electron chi connectivity index (χ0n) is 14.7. The summed E-state index contributed by atoms with van der Waals surface area (Å²) in [7, 11) is 1.33. The summed E-state index contributed by atoms with van der Waals surface area (Å²) in [5.41, 5.74) is 2.10. The van der Waals surface area contributed by atoms with E-state index < -0.39 is 17.9 Å². The van der Waals surface area contributed by atoms with Gasteiger partial charge < -0.3 is 14.6 Å². The fourth-order valence-corrected chi connectivity index (χ4v) is 2.02. The molecule has 0 spiro atoms. The molecule has 0 saturated heterocycles. The van der Waals surface area contributed by atoms with Gasteiger partial charge in [0.25, 0.3) is 0 Å². The molecule has 0 amide bonds. The Balaban J connectivity index is 0.00000211. The second kappa shape index (κ2) is 10.4. The molecule has 0 aliphatic rings. The van der Waals surface area contributed by atoms with Crippen LogP contribution in [0.2, 0.25) is 0 Å². The van der Waals surface area contributed by atoms with Crippen molar-refractivity contribution in [3.63, 3.8) is 0 Å². The predicted octanol–water partition coefficient (Wildman–Crippen LogP) is 3.63. The topological polar surface area (TPSA) is 55.8 Å². The molecule has 1 atom stereocenters. The highest BCUT2D eigenvalue weighted by molar-refractivity contribution is 5.75. The third kappa shape index (κ3) is 6.16. The summed E-state index contributed by atoms with van der Waals surface area (Å²) >= 11 is 0. The lowest BCUT2D eigenvalue weighted by atomic mass is 10.0. The smallest absolute Gasteiger partial charge is 0.335 e. The zero-order valence-corrected chi connectivity index (χ0v) is 14.7. The number of ether oxygens (including phenoxy) is 2. The fraction of sp³-hybridized carbons (Fsp3) is 0.611. The molecule has 1 aromatic rings. The third-order valence-corrected chi connectivity index (χ3v) is 3.60. The molecule has 0 saturated carbocycles. The van der Waals surface area contributed by atoms with Crippen molar-refractivity contribution in [1.82, 2.24) is 0 Å². The van der Waals surface area contributed by atoms with Crippen LogP contribution in [0.3, 0.4) is 0 Å². The molecule has 0 unspecified atom stereocenters. The standard InChI is InChI=1S/C16H24O4.C2H6/c1-5-16(18,6-2)20-14(15(17)19-4)11-13-10-8-7-9-12(13)3;1-2/h7-10,14,18H,5-6,11H2,1-4H3;1-2H3/t14-;/m1./s1. The molecule has 0 aliphatic heterocycles. The lowest BCUT2D eigenvalue weighted by molar-refractivity contribution is -0.237. The van der Waals surface area contributed by atoms with Crippen LogP contribution in [-0.4, -0.2) is 30.1 Å². The van der Waals surface area contributed by atoms with Crippen molar-refractivity contribution in [2.75, 3.05) is 7.11 Å². The van der Waals surface area contributed by atoms with Crippen LogP contribution in [0.25, 0.3) is 0 Å². The van der Waals surface area contributed by atoms with E-state index in [4.69, 9.17) is 9.47 Å². The van der Waals surface area contributed by atoms with E-state index in [1.54, 1.807) is 0 Å². The van der Waals surface area contributed by atoms with Gasteiger partial charge in [-0.1, -0.05) is 52.0 Å². The molecule has 1 aromatic carbocycles. The predicted molar refractivity (Wildman–Crippen MR) is 88.7 cm³/mol. The van der Waals surface area contributed by atoms with E-state index in [9.17, 15) is 9.90 Å². The summed E-state index contributed by atoms with van der Waals surface area (Å²) in [4.78, 5) is 11.9. The average Bonchev–Trinajstić information content (AvgIpc) is 2.57. The maximum absolute atomic E-state index is 11.9. The van der Waals surface area contributed by atoms with Crippen molar-refractivity contribution in [2.45, 2.75) is 65.8 Å². The SMILES string of the molecule is CC.CCC(O)(CC)O[C@H](Cc1ccccc1C)C(=O)OC. The Bertz CT molecular complexity index is 438. The first-order valence-electron chi connectivity index (χ1n) is 7.98. The van der Waals surface area contributed by atoms with E-state index in [2.05, 4.69) is 0 Å². The van der Waals surface area contributed by atoms with E-state index in [0.29, 0.717) is 19.3 Å². The van der Waals surface area contributed by atoms with Gasteiger partial charge in [-0.25, -0.2) is 4.79 Å². The first-order valence-corrected chi connectivity index (χ1v) is 7.98. The molecule has 0 aliphatic carbocycles. The summed E-state index contributed by atoms with van der Waals surface area (Å²) in [6, 6.07) is 7.80. The number of aliphatic hydroxyl groups is 1. The Kier molecular flexibility index (Phi) is 9.70. The number of methoxy groups -OCH3 is 1. The lowest BCUT2D eigenvalue weighted by Crippen LogP contribution is -2.40. The van der Waals surface area contributed by atoms with Gasteiger partial charge in [-0.15, -0.1) is 0 Å². The number of hydrogen-bond donors (Lipinski definition) is 1. The minimum absolute atomic E-state index is 0.391. The van der Waals surface area contributed by atoms with Crippen molar-refractivity contribution in [1.29, 1.82) is 0 Å². The van der Waals surface area contributed by atoms with Crippen LogP contribution in [0.15, 0.2) is 24.3 Å². The Morgan fingerprint density at radius 3 is 2.23 bits per heavy atom. The minimum Gasteiger partial charge on any atom is -0.467 e. The Hall–Kier alpha value is -1.39. The molecular formula is C18H30O4. The van der Waals surface area contributed by atoms with Gasteiger partial charge in [0.2, 0.25) is 0 Å². The second-order valence-electron chi connectivity index (χ2n) is 4.91. The molecule has 0 bridgehead atoms. The van der Waals surface area contributed by atoms with E-state index in [0.717, 1.165) is 11.1 Å². The van der Waals surface area contributed by atoms with Gasteiger partial charge in [0.15, 0.2) is 11.9 Å². The molecule has 4 heteroatoms. The normalized spacial score (nSPS) is 12.1. The Morgan fingerprint density at radius 1 is 1.23 bits per heavy atom. The maximum atomic E-state index is 11.9. The summed E-state index contributed by atoms with van der Waals surface area (Å²) in [5.74, 6) is -1.75. The highest BCUT2D eigenvalue weighted by Gasteiger charge is 2.32. The van der Waals surface area contributed by atoms with E-state index >= 15 is 0 Å². The van der Waals surface area contributed by atoms with E-state index in [1.807, 2.05) is 58.9 Å². The van der Waals surface area contributed by atoms with Crippen molar-refractivity contribution < 1.29 is 19.4 Å². The Labute approximate surface area is 134 Å². The van der Waals surface area contributed by atoms with Gasteiger partial charge in [-0.2, -0.15) is 0 Å². The van der Waals surface area contributed by atoms with Gasteiger partial charge in [-0.05, 0) is 30.9 Å². The summed E-state index contributed by atoms with van der Waals surface area (Å²) < 4.78 is 10.4. The molecule has 126 valence electrons. The van der Waals surface area contributed by atoms with Crippen LogP contribution >= 0.6 is 0 Å². The van der Waals surface area contributed by atoms with Crippen LogP contribution in [-0.2, 0) is 20.7 Å². The van der Waals surface area contributed by atoms with Crippen molar-refractivity contribution >= 4 is 5.97 Å². The number of carbonyl (C=O) groups excluding carboxylic acids is 1. The molecule has 0 fully saturated rings. The fourth-order valence-electron chi connectivity index (χ4n) is 2.02. The first kappa shape index (κ1) is 20.6. The number of aryl methyl sites for hydroxylation is 1. The number of carbonyl (C=O) groups is 1. The molecule has 1 N–H and O–H groups in total. The van der Waals surface area contributed by atoms with Crippen molar-refractivity contribution in [3.8, 4) is 0 Å². The summed E-state index contributed by atoms with van der Waals surface area (Å²) in [5, 5.41) is 10.3. The minimum atomic E-state index is -1.29. The number of hydrogen-bond acceptors (Lipinski definition) is 4. The van der Waals surface area contributed by atoms with Gasteiger partial charge >= 0.3 is 5.97 Å². The number of benzene rings is 1. The molecule has 4 nitrogen and oxygen atoms in total. The second-order valence-corrected chi connectivity index (χ2v) is 4.91. The molecular weight excluding hydrogens is 280 g/mol. The zero-order chi connectivity index (χ0) is 17.2. The van der Waals surface area contributed by atoms with Crippen molar-refractivity contribution in [2.24, 2.45) is 0 Å². The van der Waals surface area contributed by atoms with Gasteiger partial charge in [0.1, 0.15) is 0 Å². The van der Waals surface area contributed by atoms with Crippen LogP contribution < -0.4 is 0 Å². The van der Waals surface area contributed by atoms with Crippen molar-refractivity contribution in [3.05, 3.63) is 35.4 Å². The van der Waals surface area contributed by atoms with E-state index in [-0.39, 0.29) is 0 Å². The first-order chi connectivity index (χ1) is 10.5. The molecule has 0 radical (unpaired) electrons. The van der Waals surface area contributed by atoms with Crippen LogP contribution in [0.4, 0.5) is 0 Å². The number of esters is 1. The van der Waals surface area contributed by atoms with Crippen LogP contribution in [0.1, 0.15) is 51.7 Å².